The van der Waals surface area contributed by atoms with Crippen LogP contribution in [0.3, 0.4) is 0 Å². The normalized spacial score (nSPS) is 12.6. The molecule has 3 heteroatoms. The molecule has 0 saturated carbocycles. The highest BCUT2D eigenvalue weighted by Gasteiger charge is 2.08. The van der Waals surface area contributed by atoms with Crippen molar-refractivity contribution in [2.75, 3.05) is 13.1 Å². The van der Waals surface area contributed by atoms with Gasteiger partial charge in [-0.05, 0) is 31.0 Å². The molecule has 0 amide bonds. The third-order valence-corrected chi connectivity index (χ3v) is 3.21. The predicted octanol–water partition coefficient (Wildman–Crippen LogP) is 4.02. The zero-order valence-electron chi connectivity index (χ0n) is 11.4. The summed E-state index contributed by atoms with van der Waals surface area (Å²) < 4.78 is 5.95. The minimum Gasteiger partial charge on any atom is -0.372 e. The van der Waals surface area contributed by atoms with Gasteiger partial charge in [-0.3, -0.25) is 0 Å². The van der Waals surface area contributed by atoms with Gasteiger partial charge in [-0.15, -0.1) is 0 Å². The SMILES string of the molecule is CCCNCC(CCC)OCc1ccccc1Cl. The third-order valence-electron chi connectivity index (χ3n) is 2.84. The molecule has 0 bridgehead atoms. The van der Waals surface area contributed by atoms with E-state index in [9.17, 15) is 0 Å². The summed E-state index contributed by atoms with van der Waals surface area (Å²) in [5, 5.41) is 4.20. The number of rotatable bonds is 9. The highest BCUT2D eigenvalue weighted by atomic mass is 35.5. The van der Waals surface area contributed by atoms with Gasteiger partial charge in [-0.2, -0.15) is 0 Å². The van der Waals surface area contributed by atoms with Crippen LogP contribution in [0.2, 0.25) is 5.02 Å². The summed E-state index contributed by atoms with van der Waals surface area (Å²) in [6.45, 7) is 6.93. The Morgan fingerprint density at radius 2 is 2.00 bits per heavy atom. The van der Waals surface area contributed by atoms with E-state index in [2.05, 4.69) is 19.2 Å². The fourth-order valence-electron chi connectivity index (χ4n) is 1.83. The molecule has 0 saturated heterocycles. The molecule has 1 N–H and O–H groups in total. The van der Waals surface area contributed by atoms with Gasteiger partial charge >= 0.3 is 0 Å². The summed E-state index contributed by atoms with van der Waals surface area (Å²) in [6, 6.07) is 7.86. The maximum Gasteiger partial charge on any atom is 0.0735 e. The largest absolute Gasteiger partial charge is 0.372 e. The Balaban J connectivity index is 2.39. The molecule has 0 aliphatic heterocycles. The number of hydrogen-bond donors (Lipinski definition) is 1. The first kappa shape index (κ1) is 15.5. The van der Waals surface area contributed by atoms with E-state index in [-0.39, 0.29) is 6.10 Å². The summed E-state index contributed by atoms with van der Waals surface area (Å²) in [5.74, 6) is 0. The van der Waals surface area contributed by atoms with Gasteiger partial charge in [0.15, 0.2) is 0 Å². The molecule has 1 atom stereocenters. The summed E-state index contributed by atoms with van der Waals surface area (Å²) in [5.41, 5.74) is 1.07. The van der Waals surface area contributed by atoms with Crippen LogP contribution in [0, 0.1) is 0 Å². The molecule has 0 aliphatic carbocycles. The highest BCUT2D eigenvalue weighted by molar-refractivity contribution is 6.31. The van der Waals surface area contributed by atoms with Crippen molar-refractivity contribution in [2.45, 2.75) is 45.8 Å². The second-order valence-electron chi connectivity index (χ2n) is 4.52. The van der Waals surface area contributed by atoms with Crippen molar-refractivity contribution in [2.24, 2.45) is 0 Å². The van der Waals surface area contributed by atoms with Crippen LogP contribution in [0.5, 0.6) is 0 Å². The van der Waals surface area contributed by atoms with Gasteiger partial charge in [0.25, 0.3) is 0 Å². The van der Waals surface area contributed by atoms with Crippen molar-refractivity contribution < 1.29 is 4.74 Å². The van der Waals surface area contributed by atoms with Crippen LogP contribution in [0.25, 0.3) is 0 Å². The van der Waals surface area contributed by atoms with Gasteiger partial charge < -0.3 is 10.1 Å². The van der Waals surface area contributed by atoms with Crippen molar-refractivity contribution in [3.8, 4) is 0 Å². The molecule has 0 heterocycles. The van der Waals surface area contributed by atoms with Crippen LogP contribution < -0.4 is 5.32 Å². The van der Waals surface area contributed by atoms with Gasteiger partial charge in [-0.25, -0.2) is 0 Å². The molecular weight excluding hydrogens is 246 g/mol. The first-order valence-corrected chi connectivity index (χ1v) is 7.21. The molecule has 18 heavy (non-hydrogen) atoms. The lowest BCUT2D eigenvalue weighted by molar-refractivity contribution is 0.0350. The van der Waals surface area contributed by atoms with Crippen LogP contribution in [-0.4, -0.2) is 19.2 Å². The average Bonchev–Trinajstić information content (AvgIpc) is 2.38. The third kappa shape index (κ3) is 5.85. The minimum absolute atomic E-state index is 0.276. The Hall–Kier alpha value is -0.570. The number of nitrogens with one attached hydrogen (secondary N) is 1. The molecule has 1 unspecified atom stereocenters. The Kier molecular flexibility index (Phi) is 8.06. The molecule has 0 aromatic heterocycles. The Morgan fingerprint density at radius 3 is 2.67 bits per heavy atom. The van der Waals surface area contributed by atoms with Gasteiger partial charge in [0.2, 0.25) is 0 Å². The second-order valence-corrected chi connectivity index (χ2v) is 4.92. The van der Waals surface area contributed by atoms with E-state index in [0.717, 1.165) is 42.9 Å². The van der Waals surface area contributed by atoms with Crippen LogP contribution in [-0.2, 0) is 11.3 Å². The summed E-state index contributed by atoms with van der Waals surface area (Å²) >= 11 is 6.12. The molecule has 2 nitrogen and oxygen atoms in total. The molecule has 0 fully saturated rings. The molecule has 102 valence electrons. The molecule has 0 aliphatic rings. The standard InChI is InChI=1S/C15H24ClNO/c1-3-7-14(11-17-10-4-2)18-12-13-8-5-6-9-15(13)16/h5-6,8-9,14,17H,3-4,7,10-12H2,1-2H3. The summed E-state index contributed by atoms with van der Waals surface area (Å²) in [6.07, 6.45) is 3.66. The second kappa shape index (κ2) is 9.37. The topological polar surface area (TPSA) is 21.3 Å². The lowest BCUT2D eigenvalue weighted by Gasteiger charge is -2.18. The van der Waals surface area contributed by atoms with E-state index in [1.54, 1.807) is 0 Å². The minimum atomic E-state index is 0.276. The molecular formula is C15H24ClNO. The van der Waals surface area contributed by atoms with Crippen molar-refractivity contribution in [3.63, 3.8) is 0 Å². The number of ether oxygens (including phenoxy) is 1. The molecule has 1 aromatic rings. The smallest absolute Gasteiger partial charge is 0.0735 e. The van der Waals surface area contributed by atoms with Crippen molar-refractivity contribution in [1.29, 1.82) is 0 Å². The maximum absolute atomic E-state index is 6.12. The van der Waals surface area contributed by atoms with Crippen molar-refractivity contribution in [3.05, 3.63) is 34.9 Å². The van der Waals surface area contributed by atoms with Crippen molar-refractivity contribution in [1.82, 2.24) is 5.32 Å². The number of benzene rings is 1. The van der Waals surface area contributed by atoms with Crippen molar-refractivity contribution >= 4 is 11.6 Å². The number of hydrogen-bond acceptors (Lipinski definition) is 2. The monoisotopic (exact) mass is 269 g/mol. The van der Waals surface area contributed by atoms with Crippen LogP contribution in [0.1, 0.15) is 38.7 Å². The van der Waals surface area contributed by atoms with E-state index in [1.807, 2.05) is 24.3 Å². The van der Waals surface area contributed by atoms with Gasteiger partial charge in [0.05, 0.1) is 12.7 Å². The van der Waals surface area contributed by atoms with Crippen LogP contribution in [0.15, 0.2) is 24.3 Å². The lowest BCUT2D eigenvalue weighted by atomic mass is 10.2. The van der Waals surface area contributed by atoms with E-state index in [4.69, 9.17) is 16.3 Å². The first-order chi connectivity index (χ1) is 8.77. The van der Waals surface area contributed by atoms with E-state index < -0.39 is 0 Å². The molecule has 0 radical (unpaired) electrons. The lowest BCUT2D eigenvalue weighted by Crippen LogP contribution is -2.29. The zero-order valence-corrected chi connectivity index (χ0v) is 12.2. The zero-order chi connectivity index (χ0) is 13.2. The Labute approximate surface area is 116 Å². The van der Waals surface area contributed by atoms with Gasteiger partial charge in [-0.1, -0.05) is 50.1 Å². The molecule has 1 rings (SSSR count). The summed E-state index contributed by atoms with van der Waals surface area (Å²) in [4.78, 5) is 0. The van der Waals surface area contributed by atoms with Gasteiger partial charge in [0, 0.05) is 11.6 Å². The van der Waals surface area contributed by atoms with E-state index >= 15 is 0 Å². The maximum atomic E-state index is 6.12. The van der Waals surface area contributed by atoms with Gasteiger partial charge in [0.1, 0.15) is 0 Å². The highest BCUT2D eigenvalue weighted by Crippen LogP contribution is 2.17. The summed E-state index contributed by atoms with van der Waals surface area (Å²) in [7, 11) is 0. The fraction of sp³-hybridized carbons (Fsp3) is 0.600. The first-order valence-electron chi connectivity index (χ1n) is 6.83. The molecule has 1 aromatic carbocycles. The Morgan fingerprint density at radius 1 is 1.22 bits per heavy atom. The van der Waals surface area contributed by atoms with Crippen LogP contribution in [0.4, 0.5) is 0 Å². The Bertz CT molecular complexity index is 330. The fourth-order valence-corrected chi connectivity index (χ4v) is 2.02. The molecule has 0 spiro atoms. The average molecular weight is 270 g/mol. The predicted molar refractivity (Wildman–Crippen MR) is 78.1 cm³/mol. The van der Waals surface area contributed by atoms with Crippen LogP contribution >= 0.6 is 11.6 Å². The number of halogens is 1. The van der Waals surface area contributed by atoms with E-state index in [0.29, 0.717) is 6.61 Å². The van der Waals surface area contributed by atoms with E-state index in [1.165, 1.54) is 0 Å². The quantitative estimate of drug-likeness (QED) is 0.684.